The third-order valence-electron chi connectivity index (χ3n) is 1.70. The minimum atomic E-state index is -0.146. The third kappa shape index (κ3) is 8.01. The number of ether oxygens (including phenoxy) is 2. The lowest BCUT2D eigenvalue weighted by atomic mass is 10.3. The number of hydrogen-bond donors (Lipinski definition) is 1. The second-order valence-electron chi connectivity index (χ2n) is 3.17. The fourth-order valence-corrected chi connectivity index (χ4v) is 1.01. The molecule has 0 fully saturated rings. The van der Waals surface area contributed by atoms with Gasteiger partial charge in [0, 0.05) is 13.0 Å². The highest BCUT2D eigenvalue weighted by Crippen LogP contribution is 1.97. The van der Waals surface area contributed by atoms with Gasteiger partial charge >= 0.3 is 5.97 Å². The Morgan fingerprint density at radius 2 is 2.21 bits per heavy atom. The average Bonchev–Trinajstić information content (AvgIpc) is 2.15. The molecule has 1 unspecified atom stereocenters. The van der Waals surface area contributed by atoms with Crippen molar-refractivity contribution >= 4 is 5.97 Å². The van der Waals surface area contributed by atoms with Gasteiger partial charge in [-0.15, -0.1) is 0 Å². The first kappa shape index (κ1) is 13.4. The first-order valence-electron chi connectivity index (χ1n) is 5.12. The fraction of sp³-hybridized carbons (Fsp3) is 0.900. The van der Waals surface area contributed by atoms with Gasteiger partial charge in [0.25, 0.3) is 0 Å². The molecule has 0 aromatic rings. The summed E-state index contributed by atoms with van der Waals surface area (Å²) < 4.78 is 10.2. The van der Waals surface area contributed by atoms with Crippen molar-refractivity contribution in [1.82, 2.24) is 5.32 Å². The lowest BCUT2D eigenvalue weighted by molar-refractivity contribution is -0.151. The second kappa shape index (κ2) is 8.97. The van der Waals surface area contributed by atoms with Gasteiger partial charge < -0.3 is 14.8 Å². The van der Waals surface area contributed by atoms with Crippen molar-refractivity contribution < 1.29 is 14.3 Å². The van der Waals surface area contributed by atoms with Crippen LogP contribution >= 0.6 is 0 Å². The van der Waals surface area contributed by atoms with Gasteiger partial charge in [0.15, 0.2) is 0 Å². The highest BCUT2D eigenvalue weighted by Gasteiger charge is 2.08. The molecule has 0 heterocycles. The Balaban J connectivity index is 3.40. The van der Waals surface area contributed by atoms with Crippen LogP contribution in [-0.2, 0) is 14.3 Å². The van der Waals surface area contributed by atoms with Crippen molar-refractivity contribution in [3.8, 4) is 0 Å². The van der Waals surface area contributed by atoms with Gasteiger partial charge in [-0.2, -0.15) is 0 Å². The van der Waals surface area contributed by atoms with Gasteiger partial charge in [0.05, 0.1) is 6.61 Å². The van der Waals surface area contributed by atoms with E-state index in [0.29, 0.717) is 19.6 Å². The molecule has 0 radical (unpaired) electrons. The molecule has 0 aliphatic heterocycles. The van der Waals surface area contributed by atoms with E-state index in [1.807, 2.05) is 20.9 Å². The maximum atomic E-state index is 11.2. The molecular weight excluding hydrogens is 182 g/mol. The number of rotatable bonds is 8. The van der Waals surface area contributed by atoms with Crippen molar-refractivity contribution in [2.75, 3.05) is 26.8 Å². The Morgan fingerprint density at radius 3 is 2.79 bits per heavy atom. The summed E-state index contributed by atoms with van der Waals surface area (Å²) in [6.45, 7) is 5.73. The molecule has 0 saturated carbocycles. The van der Waals surface area contributed by atoms with Crippen LogP contribution < -0.4 is 5.32 Å². The molecule has 0 aliphatic rings. The summed E-state index contributed by atoms with van der Waals surface area (Å²) in [4.78, 5) is 11.2. The van der Waals surface area contributed by atoms with Crippen molar-refractivity contribution in [3.05, 3.63) is 0 Å². The standard InChI is InChI=1S/C10H21NO3/c1-4-13-8-9(2)14-10(12)6-5-7-11-3/h9,11H,4-8H2,1-3H3. The summed E-state index contributed by atoms with van der Waals surface area (Å²) in [5.74, 6) is -0.146. The van der Waals surface area contributed by atoms with Gasteiger partial charge in [0.1, 0.15) is 6.10 Å². The molecule has 14 heavy (non-hydrogen) atoms. The zero-order valence-corrected chi connectivity index (χ0v) is 9.34. The van der Waals surface area contributed by atoms with E-state index in [1.165, 1.54) is 0 Å². The van der Waals surface area contributed by atoms with E-state index in [1.54, 1.807) is 0 Å². The number of carbonyl (C=O) groups excluding carboxylic acids is 1. The zero-order chi connectivity index (χ0) is 10.8. The molecule has 0 amide bonds. The Bertz CT molecular complexity index is 150. The van der Waals surface area contributed by atoms with Crippen molar-refractivity contribution in [3.63, 3.8) is 0 Å². The van der Waals surface area contributed by atoms with Gasteiger partial charge in [-0.05, 0) is 33.9 Å². The summed E-state index contributed by atoms with van der Waals surface area (Å²) in [6.07, 6.45) is 1.14. The van der Waals surface area contributed by atoms with E-state index in [0.717, 1.165) is 13.0 Å². The topological polar surface area (TPSA) is 47.6 Å². The monoisotopic (exact) mass is 203 g/mol. The van der Waals surface area contributed by atoms with Crippen LogP contribution in [0.5, 0.6) is 0 Å². The van der Waals surface area contributed by atoms with E-state index < -0.39 is 0 Å². The second-order valence-corrected chi connectivity index (χ2v) is 3.17. The summed E-state index contributed by atoms with van der Waals surface area (Å²) in [7, 11) is 1.86. The van der Waals surface area contributed by atoms with Crippen LogP contribution in [0.15, 0.2) is 0 Å². The van der Waals surface area contributed by atoms with Crippen LogP contribution in [-0.4, -0.2) is 38.9 Å². The minimum Gasteiger partial charge on any atom is -0.460 e. The Labute approximate surface area is 86.0 Å². The largest absolute Gasteiger partial charge is 0.460 e. The molecule has 0 spiro atoms. The Morgan fingerprint density at radius 1 is 1.50 bits per heavy atom. The van der Waals surface area contributed by atoms with Crippen LogP contribution in [0, 0.1) is 0 Å². The molecule has 84 valence electrons. The van der Waals surface area contributed by atoms with E-state index >= 15 is 0 Å². The SMILES string of the molecule is CCOCC(C)OC(=O)CCCNC. The number of carbonyl (C=O) groups is 1. The van der Waals surface area contributed by atoms with Crippen LogP contribution in [0.25, 0.3) is 0 Å². The van der Waals surface area contributed by atoms with Crippen molar-refractivity contribution in [2.45, 2.75) is 32.8 Å². The quantitative estimate of drug-likeness (QED) is 0.471. The summed E-state index contributed by atoms with van der Waals surface area (Å²) in [6, 6.07) is 0. The number of nitrogens with one attached hydrogen (secondary N) is 1. The van der Waals surface area contributed by atoms with Crippen LogP contribution in [0.1, 0.15) is 26.7 Å². The zero-order valence-electron chi connectivity index (χ0n) is 9.34. The smallest absolute Gasteiger partial charge is 0.306 e. The van der Waals surface area contributed by atoms with Gasteiger partial charge in [-0.3, -0.25) is 4.79 Å². The van der Waals surface area contributed by atoms with E-state index in [9.17, 15) is 4.79 Å². The molecular formula is C10H21NO3. The van der Waals surface area contributed by atoms with Crippen molar-refractivity contribution in [1.29, 1.82) is 0 Å². The van der Waals surface area contributed by atoms with Gasteiger partial charge in [-0.25, -0.2) is 0 Å². The normalized spacial score (nSPS) is 12.5. The first-order chi connectivity index (χ1) is 6.70. The average molecular weight is 203 g/mol. The summed E-state index contributed by atoms with van der Waals surface area (Å²) in [5, 5.41) is 2.98. The molecule has 0 aliphatic carbocycles. The molecule has 4 heteroatoms. The molecule has 0 aromatic heterocycles. The van der Waals surface area contributed by atoms with E-state index in [4.69, 9.17) is 9.47 Å². The van der Waals surface area contributed by atoms with E-state index in [2.05, 4.69) is 5.32 Å². The van der Waals surface area contributed by atoms with Crippen LogP contribution in [0.2, 0.25) is 0 Å². The van der Waals surface area contributed by atoms with Gasteiger partial charge in [-0.1, -0.05) is 0 Å². The number of hydrogen-bond acceptors (Lipinski definition) is 4. The molecule has 0 aromatic carbocycles. The third-order valence-corrected chi connectivity index (χ3v) is 1.70. The Hall–Kier alpha value is -0.610. The fourth-order valence-electron chi connectivity index (χ4n) is 1.01. The van der Waals surface area contributed by atoms with Crippen molar-refractivity contribution in [2.24, 2.45) is 0 Å². The maximum absolute atomic E-state index is 11.2. The highest BCUT2D eigenvalue weighted by molar-refractivity contribution is 5.69. The Kier molecular flexibility index (Phi) is 8.57. The van der Waals surface area contributed by atoms with Crippen LogP contribution in [0.4, 0.5) is 0 Å². The predicted octanol–water partition coefficient (Wildman–Crippen LogP) is 0.954. The lowest BCUT2D eigenvalue weighted by Gasteiger charge is -2.12. The van der Waals surface area contributed by atoms with Gasteiger partial charge in [0.2, 0.25) is 0 Å². The molecule has 0 saturated heterocycles. The van der Waals surface area contributed by atoms with Crippen LogP contribution in [0.3, 0.4) is 0 Å². The minimum absolute atomic E-state index is 0.142. The predicted molar refractivity (Wildman–Crippen MR) is 55.2 cm³/mol. The molecule has 1 N–H and O–H groups in total. The molecule has 0 rings (SSSR count). The highest BCUT2D eigenvalue weighted by atomic mass is 16.6. The molecule has 4 nitrogen and oxygen atoms in total. The molecule has 1 atom stereocenters. The van der Waals surface area contributed by atoms with E-state index in [-0.39, 0.29) is 12.1 Å². The first-order valence-corrected chi connectivity index (χ1v) is 5.12. The summed E-state index contributed by atoms with van der Waals surface area (Å²) >= 11 is 0. The summed E-state index contributed by atoms with van der Waals surface area (Å²) in [5.41, 5.74) is 0. The lowest BCUT2D eigenvalue weighted by Crippen LogP contribution is -2.21. The maximum Gasteiger partial charge on any atom is 0.306 e. The molecule has 0 bridgehead atoms. The number of esters is 1.